The summed E-state index contributed by atoms with van der Waals surface area (Å²) >= 11 is 0. The third-order valence-corrected chi connectivity index (χ3v) is 1.89. The molecule has 2 N–H and O–H groups in total. The van der Waals surface area contributed by atoms with E-state index in [-0.39, 0.29) is 5.91 Å². The van der Waals surface area contributed by atoms with Gasteiger partial charge in [-0.1, -0.05) is 0 Å². The number of nitrogens with one attached hydrogen (secondary N) is 2. The predicted octanol–water partition coefficient (Wildman–Crippen LogP) is 0.922. The lowest BCUT2D eigenvalue weighted by atomic mass is 10.2. The quantitative estimate of drug-likeness (QED) is 0.677. The summed E-state index contributed by atoms with van der Waals surface area (Å²) in [5.41, 5.74) is 1.38. The summed E-state index contributed by atoms with van der Waals surface area (Å²) in [5, 5.41) is 3.49. The number of aromatic nitrogens is 2. The van der Waals surface area contributed by atoms with E-state index >= 15 is 0 Å². The molecule has 0 saturated carbocycles. The number of carbonyl (C=O) groups excluding carboxylic acids is 1. The topological polar surface area (TPSA) is 57.8 Å². The molecule has 1 amide bonds. The first-order chi connectivity index (χ1) is 6.31. The molecule has 2 rings (SSSR count). The van der Waals surface area contributed by atoms with E-state index in [1.54, 1.807) is 25.5 Å². The van der Waals surface area contributed by atoms with Crippen LogP contribution in [0.1, 0.15) is 10.4 Å². The highest BCUT2D eigenvalue weighted by Gasteiger charge is 2.04. The normalized spacial score (nSPS) is 10.2. The molecule has 0 aliphatic rings. The molecular weight excluding hydrogens is 166 g/mol. The predicted molar refractivity (Wildman–Crippen MR) is 49.5 cm³/mol. The summed E-state index contributed by atoms with van der Waals surface area (Å²) in [4.78, 5) is 18.3. The number of amides is 1. The Kier molecular flexibility index (Phi) is 1.73. The fourth-order valence-corrected chi connectivity index (χ4v) is 1.21. The first-order valence-corrected chi connectivity index (χ1v) is 3.96. The Hall–Kier alpha value is -1.84. The lowest BCUT2D eigenvalue weighted by molar-refractivity contribution is 0.0963. The average molecular weight is 175 g/mol. The van der Waals surface area contributed by atoms with Crippen LogP contribution in [-0.2, 0) is 0 Å². The van der Waals surface area contributed by atoms with Crippen molar-refractivity contribution >= 4 is 16.9 Å². The van der Waals surface area contributed by atoms with E-state index < -0.39 is 0 Å². The Morgan fingerprint density at radius 1 is 1.62 bits per heavy atom. The Labute approximate surface area is 75.0 Å². The van der Waals surface area contributed by atoms with Crippen molar-refractivity contribution in [3.63, 3.8) is 0 Å². The van der Waals surface area contributed by atoms with Crippen LogP contribution >= 0.6 is 0 Å². The van der Waals surface area contributed by atoms with Crippen LogP contribution in [0, 0.1) is 0 Å². The van der Waals surface area contributed by atoms with Gasteiger partial charge in [-0.15, -0.1) is 0 Å². The van der Waals surface area contributed by atoms with Gasteiger partial charge in [-0.05, 0) is 12.1 Å². The van der Waals surface area contributed by atoms with Crippen molar-refractivity contribution in [1.29, 1.82) is 0 Å². The summed E-state index contributed by atoms with van der Waals surface area (Å²) in [7, 11) is 1.60. The molecule has 2 heterocycles. The summed E-state index contributed by atoms with van der Waals surface area (Å²) in [5.74, 6) is -0.115. The van der Waals surface area contributed by atoms with Crippen molar-refractivity contribution < 1.29 is 4.79 Å². The first-order valence-electron chi connectivity index (χ1n) is 3.96. The SMILES string of the molecule is CNC(=O)c1cnc2[nH]ccc2c1. The third-order valence-electron chi connectivity index (χ3n) is 1.89. The molecule has 0 atom stereocenters. The smallest absolute Gasteiger partial charge is 0.252 e. The number of hydrogen-bond donors (Lipinski definition) is 2. The van der Waals surface area contributed by atoms with Gasteiger partial charge in [-0.3, -0.25) is 4.79 Å². The maximum atomic E-state index is 11.2. The van der Waals surface area contributed by atoms with Crippen LogP contribution in [0.5, 0.6) is 0 Å². The van der Waals surface area contributed by atoms with Crippen LogP contribution in [0.15, 0.2) is 24.5 Å². The molecule has 13 heavy (non-hydrogen) atoms. The highest BCUT2D eigenvalue weighted by Crippen LogP contribution is 2.10. The summed E-state index contributed by atoms with van der Waals surface area (Å²) in [6.45, 7) is 0. The molecule has 4 heteroatoms. The number of fused-ring (bicyclic) bond motifs is 1. The second kappa shape index (κ2) is 2.90. The molecule has 0 radical (unpaired) electrons. The minimum atomic E-state index is -0.115. The van der Waals surface area contributed by atoms with Gasteiger partial charge in [-0.2, -0.15) is 0 Å². The standard InChI is InChI=1S/C9H9N3O/c1-10-9(13)7-4-6-2-3-11-8(6)12-5-7/h2-5H,1H3,(H,10,13)(H,11,12). The molecule has 0 unspecified atom stereocenters. The Bertz CT molecular complexity index is 447. The maximum Gasteiger partial charge on any atom is 0.252 e. The fraction of sp³-hybridized carbons (Fsp3) is 0.111. The van der Waals surface area contributed by atoms with Gasteiger partial charge in [0, 0.05) is 24.8 Å². The molecule has 2 aromatic heterocycles. The number of rotatable bonds is 1. The fourth-order valence-electron chi connectivity index (χ4n) is 1.21. The van der Waals surface area contributed by atoms with Crippen LogP contribution < -0.4 is 5.32 Å². The van der Waals surface area contributed by atoms with Gasteiger partial charge in [0.2, 0.25) is 0 Å². The van der Waals surface area contributed by atoms with Crippen LogP contribution in [0.2, 0.25) is 0 Å². The summed E-state index contributed by atoms with van der Waals surface area (Å²) in [6.07, 6.45) is 3.35. The van der Waals surface area contributed by atoms with Gasteiger partial charge >= 0.3 is 0 Å². The van der Waals surface area contributed by atoms with Crippen molar-refractivity contribution in [3.05, 3.63) is 30.1 Å². The van der Waals surface area contributed by atoms with Gasteiger partial charge in [0.1, 0.15) is 5.65 Å². The van der Waals surface area contributed by atoms with Crippen molar-refractivity contribution in [2.45, 2.75) is 0 Å². The molecule has 0 saturated heterocycles. The molecule has 0 bridgehead atoms. The molecule has 4 nitrogen and oxygen atoms in total. The molecule has 0 fully saturated rings. The van der Waals surface area contributed by atoms with Gasteiger partial charge in [0.05, 0.1) is 5.56 Å². The number of pyridine rings is 1. The summed E-state index contributed by atoms with van der Waals surface area (Å²) < 4.78 is 0. The Balaban J connectivity index is 2.54. The molecule has 66 valence electrons. The largest absolute Gasteiger partial charge is 0.355 e. The maximum absolute atomic E-state index is 11.2. The number of H-pyrrole nitrogens is 1. The third kappa shape index (κ3) is 1.26. The Morgan fingerprint density at radius 2 is 2.46 bits per heavy atom. The molecule has 0 spiro atoms. The number of nitrogens with zero attached hydrogens (tertiary/aromatic N) is 1. The highest BCUT2D eigenvalue weighted by atomic mass is 16.1. The van der Waals surface area contributed by atoms with E-state index in [4.69, 9.17) is 0 Å². The van der Waals surface area contributed by atoms with E-state index in [2.05, 4.69) is 15.3 Å². The van der Waals surface area contributed by atoms with Crippen LogP contribution in [-0.4, -0.2) is 22.9 Å². The van der Waals surface area contributed by atoms with Gasteiger partial charge < -0.3 is 10.3 Å². The highest BCUT2D eigenvalue weighted by molar-refractivity contribution is 5.96. The molecule has 0 aliphatic carbocycles. The second-order valence-electron chi connectivity index (χ2n) is 2.72. The van der Waals surface area contributed by atoms with E-state index in [1.807, 2.05) is 6.07 Å². The minimum absolute atomic E-state index is 0.115. The second-order valence-corrected chi connectivity index (χ2v) is 2.72. The van der Waals surface area contributed by atoms with E-state index in [9.17, 15) is 4.79 Å². The van der Waals surface area contributed by atoms with Gasteiger partial charge in [0.15, 0.2) is 0 Å². The molecule has 2 aromatic rings. The monoisotopic (exact) mass is 175 g/mol. The number of aromatic amines is 1. The van der Waals surface area contributed by atoms with Gasteiger partial charge in [-0.25, -0.2) is 4.98 Å². The first kappa shape index (κ1) is 7.79. The molecule has 0 aromatic carbocycles. The van der Waals surface area contributed by atoms with Crippen LogP contribution in [0.25, 0.3) is 11.0 Å². The zero-order valence-electron chi connectivity index (χ0n) is 7.16. The number of carbonyl (C=O) groups is 1. The minimum Gasteiger partial charge on any atom is -0.355 e. The molecule has 0 aliphatic heterocycles. The average Bonchev–Trinajstić information content (AvgIpc) is 2.63. The van der Waals surface area contributed by atoms with E-state index in [1.165, 1.54) is 0 Å². The zero-order chi connectivity index (χ0) is 9.26. The van der Waals surface area contributed by atoms with Crippen molar-refractivity contribution in [2.24, 2.45) is 0 Å². The lowest BCUT2D eigenvalue weighted by Gasteiger charge is -1.97. The summed E-state index contributed by atoms with van der Waals surface area (Å²) in [6, 6.07) is 3.69. The Morgan fingerprint density at radius 3 is 3.23 bits per heavy atom. The lowest BCUT2D eigenvalue weighted by Crippen LogP contribution is -2.17. The van der Waals surface area contributed by atoms with Crippen LogP contribution in [0.4, 0.5) is 0 Å². The van der Waals surface area contributed by atoms with E-state index in [0.717, 1.165) is 11.0 Å². The zero-order valence-corrected chi connectivity index (χ0v) is 7.16. The van der Waals surface area contributed by atoms with Crippen molar-refractivity contribution in [3.8, 4) is 0 Å². The van der Waals surface area contributed by atoms with Crippen molar-refractivity contribution in [1.82, 2.24) is 15.3 Å². The van der Waals surface area contributed by atoms with Crippen LogP contribution in [0.3, 0.4) is 0 Å². The molecular formula is C9H9N3O. The van der Waals surface area contributed by atoms with E-state index in [0.29, 0.717) is 5.56 Å². The van der Waals surface area contributed by atoms with Crippen molar-refractivity contribution in [2.75, 3.05) is 7.05 Å². The van der Waals surface area contributed by atoms with Gasteiger partial charge in [0.25, 0.3) is 5.91 Å². The number of hydrogen-bond acceptors (Lipinski definition) is 2.